The van der Waals surface area contributed by atoms with Gasteiger partial charge in [0.15, 0.2) is 0 Å². The molecule has 0 saturated heterocycles. The Balaban J connectivity index is 2.77. The number of phenolic OH excluding ortho intramolecular Hbond substituents is 1. The number of aromatic hydroxyl groups is 1. The van der Waals surface area contributed by atoms with Crippen LogP contribution in [-0.2, 0) is 0 Å². The molecule has 0 aliphatic rings. The summed E-state index contributed by atoms with van der Waals surface area (Å²) in [7, 11) is 0. The topological polar surface area (TPSA) is 57.5 Å². The zero-order valence-corrected chi connectivity index (χ0v) is 9.22. The lowest BCUT2D eigenvalue weighted by atomic mass is 10.2. The summed E-state index contributed by atoms with van der Waals surface area (Å²) in [6.07, 6.45) is 0. The molecule has 1 aromatic carbocycles. The molecule has 0 aliphatic carbocycles. The molecule has 0 amide bonds. The Bertz CT molecular complexity index is 518. The van der Waals surface area contributed by atoms with Crippen molar-refractivity contribution in [2.24, 2.45) is 0 Å². The van der Waals surface area contributed by atoms with Gasteiger partial charge < -0.3 is 10.2 Å². The Hall–Kier alpha value is -1.07. The van der Waals surface area contributed by atoms with E-state index in [1.807, 2.05) is 0 Å². The third-order valence-electron chi connectivity index (χ3n) is 1.83. The van der Waals surface area contributed by atoms with Gasteiger partial charge in [0.1, 0.15) is 10.6 Å². The zero-order chi connectivity index (χ0) is 10.3. The van der Waals surface area contributed by atoms with Gasteiger partial charge in [-0.3, -0.25) is 0 Å². The van der Waals surface area contributed by atoms with Crippen molar-refractivity contribution in [2.75, 3.05) is 0 Å². The SMILES string of the molecule is O=C(O)c1cc2c(O)c(Br)ccc2s1. The zero-order valence-electron chi connectivity index (χ0n) is 6.82. The Kier molecular flexibility index (Phi) is 2.20. The van der Waals surface area contributed by atoms with Gasteiger partial charge in [0.05, 0.1) is 4.47 Å². The Morgan fingerprint density at radius 2 is 2.14 bits per heavy atom. The van der Waals surface area contributed by atoms with Gasteiger partial charge >= 0.3 is 5.97 Å². The summed E-state index contributed by atoms with van der Waals surface area (Å²) in [4.78, 5) is 10.9. The lowest BCUT2D eigenvalue weighted by molar-refractivity contribution is 0.0702. The quantitative estimate of drug-likeness (QED) is 0.839. The molecule has 1 heterocycles. The molecule has 2 N–H and O–H groups in total. The maximum Gasteiger partial charge on any atom is 0.345 e. The normalized spacial score (nSPS) is 10.6. The minimum absolute atomic E-state index is 0.0891. The number of fused-ring (bicyclic) bond motifs is 1. The van der Waals surface area contributed by atoms with Crippen molar-refractivity contribution in [3.8, 4) is 5.75 Å². The van der Waals surface area contributed by atoms with Crippen LogP contribution in [0.5, 0.6) is 5.75 Å². The largest absolute Gasteiger partial charge is 0.506 e. The van der Waals surface area contributed by atoms with Gasteiger partial charge in [-0.1, -0.05) is 0 Å². The van der Waals surface area contributed by atoms with Gasteiger partial charge in [0.25, 0.3) is 0 Å². The molecule has 72 valence electrons. The predicted molar refractivity (Wildman–Crippen MR) is 58.1 cm³/mol. The van der Waals surface area contributed by atoms with E-state index in [1.54, 1.807) is 12.1 Å². The number of benzene rings is 1. The van der Waals surface area contributed by atoms with Crippen molar-refractivity contribution in [1.29, 1.82) is 0 Å². The van der Waals surface area contributed by atoms with Crippen LogP contribution in [0.2, 0.25) is 0 Å². The number of aromatic carboxylic acids is 1. The van der Waals surface area contributed by atoms with E-state index in [4.69, 9.17) is 5.11 Å². The molecule has 2 aromatic rings. The third kappa shape index (κ3) is 1.38. The van der Waals surface area contributed by atoms with Gasteiger partial charge in [-0.15, -0.1) is 11.3 Å². The average Bonchev–Trinajstić information content (AvgIpc) is 2.56. The van der Waals surface area contributed by atoms with Crippen molar-refractivity contribution in [2.45, 2.75) is 0 Å². The lowest BCUT2D eigenvalue weighted by Crippen LogP contribution is -1.89. The standard InChI is InChI=1S/C9H5BrO3S/c10-5-1-2-6-4(8(5)11)3-7(14-6)9(12)13/h1-3,11H,(H,12,13). The number of carboxylic acid groups (broad SMARTS) is 1. The first kappa shape index (κ1) is 9.48. The van der Waals surface area contributed by atoms with E-state index in [1.165, 1.54) is 6.07 Å². The minimum Gasteiger partial charge on any atom is -0.506 e. The number of thiophene rings is 1. The fourth-order valence-corrected chi connectivity index (χ4v) is 2.42. The molecule has 1 aromatic heterocycles. The molecular formula is C9H5BrO3S. The van der Waals surface area contributed by atoms with Gasteiger partial charge in [0, 0.05) is 10.1 Å². The molecule has 14 heavy (non-hydrogen) atoms. The molecule has 0 fully saturated rings. The van der Waals surface area contributed by atoms with Crippen LogP contribution < -0.4 is 0 Å². The van der Waals surface area contributed by atoms with Crippen molar-refractivity contribution in [3.05, 3.63) is 27.5 Å². The second kappa shape index (κ2) is 3.25. The summed E-state index contributed by atoms with van der Waals surface area (Å²) >= 11 is 4.32. The summed E-state index contributed by atoms with van der Waals surface area (Å²) in [5, 5.41) is 19.0. The second-order valence-electron chi connectivity index (χ2n) is 2.72. The van der Waals surface area contributed by atoms with Crippen LogP contribution in [0.25, 0.3) is 10.1 Å². The summed E-state index contributed by atoms with van der Waals surface area (Å²) in [6, 6.07) is 4.94. The van der Waals surface area contributed by atoms with Crippen molar-refractivity contribution < 1.29 is 15.0 Å². The molecular weight excluding hydrogens is 268 g/mol. The van der Waals surface area contributed by atoms with Crippen LogP contribution in [0.15, 0.2) is 22.7 Å². The molecule has 0 saturated carbocycles. The van der Waals surface area contributed by atoms with Gasteiger partial charge in [-0.2, -0.15) is 0 Å². The summed E-state index contributed by atoms with van der Waals surface area (Å²) in [5.74, 6) is -0.882. The Labute approximate surface area is 91.7 Å². The highest BCUT2D eigenvalue weighted by molar-refractivity contribution is 9.10. The minimum atomic E-state index is -0.971. The first-order valence-electron chi connectivity index (χ1n) is 3.74. The Morgan fingerprint density at radius 3 is 2.79 bits per heavy atom. The summed E-state index contributed by atoms with van der Waals surface area (Å²) in [5.41, 5.74) is 0. The van der Waals surface area contributed by atoms with E-state index >= 15 is 0 Å². The van der Waals surface area contributed by atoms with Crippen LogP contribution in [-0.4, -0.2) is 16.2 Å². The van der Waals surface area contributed by atoms with Crippen LogP contribution in [0.3, 0.4) is 0 Å². The molecule has 0 spiro atoms. The molecule has 5 heteroatoms. The van der Waals surface area contributed by atoms with Gasteiger partial charge in [0.2, 0.25) is 0 Å². The molecule has 0 atom stereocenters. The molecule has 0 bridgehead atoms. The predicted octanol–water partition coefficient (Wildman–Crippen LogP) is 3.07. The monoisotopic (exact) mass is 272 g/mol. The van der Waals surface area contributed by atoms with Crippen LogP contribution >= 0.6 is 27.3 Å². The maximum atomic E-state index is 10.7. The molecule has 3 nitrogen and oxygen atoms in total. The van der Waals surface area contributed by atoms with Crippen LogP contribution in [0.1, 0.15) is 9.67 Å². The maximum absolute atomic E-state index is 10.7. The second-order valence-corrected chi connectivity index (χ2v) is 4.66. The molecule has 2 rings (SSSR count). The van der Waals surface area contributed by atoms with E-state index in [0.717, 1.165) is 16.0 Å². The number of carboxylic acids is 1. The number of carbonyl (C=O) groups is 1. The number of hydrogen-bond acceptors (Lipinski definition) is 3. The van der Waals surface area contributed by atoms with E-state index in [-0.39, 0.29) is 10.6 Å². The highest BCUT2D eigenvalue weighted by atomic mass is 79.9. The summed E-state index contributed by atoms with van der Waals surface area (Å²) in [6.45, 7) is 0. The van der Waals surface area contributed by atoms with Crippen LogP contribution in [0.4, 0.5) is 0 Å². The number of hydrogen-bond donors (Lipinski definition) is 2. The Morgan fingerprint density at radius 1 is 1.43 bits per heavy atom. The molecule has 0 unspecified atom stereocenters. The third-order valence-corrected chi connectivity index (χ3v) is 3.56. The molecule has 0 aliphatic heterocycles. The first-order valence-corrected chi connectivity index (χ1v) is 5.35. The fraction of sp³-hybridized carbons (Fsp3) is 0. The van der Waals surface area contributed by atoms with Crippen molar-refractivity contribution in [3.63, 3.8) is 0 Å². The number of rotatable bonds is 1. The van der Waals surface area contributed by atoms with Crippen LogP contribution in [0, 0.1) is 0 Å². The smallest absolute Gasteiger partial charge is 0.345 e. The van der Waals surface area contributed by atoms with Gasteiger partial charge in [-0.05, 0) is 34.1 Å². The van der Waals surface area contributed by atoms with Gasteiger partial charge in [-0.25, -0.2) is 4.79 Å². The van der Waals surface area contributed by atoms with E-state index < -0.39 is 5.97 Å². The molecule has 0 radical (unpaired) electrons. The van der Waals surface area contributed by atoms with E-state index in [9.17, 15) is 9.90 Å². The highest BCUT2D eigenvalue weighted by Crippen LogP contribution is 2.37. The van der Waals surface area contributed by atoms with Crippen molar-refractivity contribution >= 4 is 43.3 Å². The first-order chi connectivity index (χ1) is 6.59. The summed E-state index contributed by atoms with van der Waals surface area (Å²) < 4.78 is 1.34. The lowest BCUT2D eigenvalue weighted by Gasteiger charge is -1.96. The average molecular weight is 273 g/mol. The highest BCUT2D eigenvalue weighted by Gasteiger charge is 2.12. The number of halogens is 1. The fourth-order valence-electron chi connectivity index (χ4n) is 1.18. The van der Waals surface area contributed by atoms with E-state index in [0.29, 0.717) is 9.86 Å². The number of phenols is 1. The van der Waals surface area contributed by atoms with Crippen molar-refractivity contribution in [1.82, 2.24) is 0 Å². The van der Waals surface area contributed by atoms with E-state index in [2.05, 4.69) is 15.9 Å².